The Hall–Kier alpha value is -3.17. The molecule has 4 rings (SSSR count). The number of pyridine rings is 1. The predicted molar refractivity (Wildman–Crippen MR) is 116 cm³/mol. The van der Waals surface area contributed by atoms with Crippen LogP contribution in [0.2, 0.25) is 0 Å². The van der Waals surface area contributed by atoms with Crippen LogP contribution in [0.4, 0.5) is 0 Å². The van der Waals surface area contributed by atoms with Crippen molar-refractivity contribution in [2.45, 2.75) is 51.1 Å². The minimum Gasteiger partial charge on any atom is -0.481 e. The van der Waals surface area contributed by atoms with E-state index in [9.17, 15) is 9.59 Å². The van der Waals surface area contributed by atoms with Crippen LogP contribution in [-0.2, 0) is 6.54 Å². The highest BCUT2D eigenvalue weighted by Gasteiger charge is 2.30. The molecular weight excluding hydrogens is 412 g/mol. The molecule has 2 aliphatic heterocycles. The van der Waals surface area contributed by atoms with E-state index >= 15 is 0 Å². The van der Waals surface area contributed by atoms with E-state index in [0.717, 1.165) is 51.6 Å². The van der Waals surface area contributed by atoms with Gasteiger partial charge in [0.15, 0.2) is 5.69 Å². The van der Waals surface area contributed by atoms with Crippen molar-refractivity contribution in [3.05, 3.63) is 29.6 Å². The average molecular weight is 443 g/mol. The Balaban J connectivity index is 1.42. The number of aromatic nitrogens is 4. The van der Waals surface area contributed by atoms with Crippen LogP contribution >= 0.6 is 0 Å². The molecule has 2 amide bonds. The summed E-state index contributed by atoms with van der Waals surface area (Å²) in [5, 5.41) is 8.21. The molecule has 4 heterocycles. The Bertz CT molecular complexity index is 956. The predicted octanol–water partition coefficient (Wildman–Crippen LogP) is 2.01. The van der Waals surface area contributed by atoms with Gasteiger partial charge in [-0.2, -0.15) is 4.98 Å². The molecule has 2 saturated heterocycles. The van der Waals surface area contributed by atoms with Gasteiger partial charge in [0.05, 0.1) is 20.4 Å². The van der Waals surface area contributed by atoms with Gasteiger partial charge in [-0.25, -0.2) is 0 Å². The van der Waals surface area contributed by atoms with E-state index in [2.05, 4.69) is 15.3 Å². The minimum atomic E-state index is -0.0924. The van der Waals surface area contributed by atoms with Crippen LogP contribution in [0.5, 0.6) is 11.8 Å². The second-order valence-electron chi connectivity index (χ2n) is 8.21. The smallest absolute Gasteiger partial charge is 0.276 e. The summed E-state index contributed by atoms with van der Waals surface area (Å²) in [6.45, 7) is 2.85. The van der Waals surface area contributed by atoms with E-state index < -0.39 is 0 Å². The van der Waals surface area contributed by atoms with Crippen LogP contribution in [0.3, 0.4) is 0 Å². The standard InChI is InChI=1S/C22H30N6O4/c1-31-19-9-8-17(20(23-19)32-2)21(29)28-13-4-3-7-16(28)10-14-27-15-18(24-25-27)22(30)26-11-5-6-12-26/h8-9,15-16H,3-7,10-14H2,1-2H3. The number of piperidine rings is 1. The number of methoxy groups -OCH3 is 2. The highest BCUT2D eigenvalue weighted by molar-refractivity contribution is 5.96. The van der Waals surface area contributed by atoms with E-state index in [1.807, 2.05) is 9.80 Å². The van der Waals surface area contributed by atoms with Crippen LogP contribution in [-0.4, -0.2) is 81.5 Å². The number of nitrogens with zero attached hydrogens (tertiary/aromatic N) is 6. The van der Waals surface area contributed by atoms with Gasteiger partial charge in [0.1, 0.15) is 5.56 Å². The maximum absolute atomic E-state index is 13.3. The topological polar surface area (TPSA) is 103 Å². The first-order valence-electron chi connectivity index (χ1n) is 11.2. The van der Waals surface area contributed by atoms with Gasteiger partial charge < -0.3 is 19.3 Å². The van der Waals surface area contributed by atoms with Gasteiger partial charge in [0.2, 0.25) is 11.8 Å². The van der Waals surface area contributed by atoms with Crippen molar-refractivity contribution >= 4 is 11.8 Å². The van der Waals surface area contributed by atoms with E-state index in [1.54, 1.807) is 23.0 Å². The fourth-order valence-corrected chi connectivity index (χ4v) is 4.45. The largest absolute Gasteiger partial charge is 0.481 e. The molecule has 10 heteroatoms. The molecule has 2 aliphatic rings. The molecule has 10 nitrogen and oxygen atoms in total. The van der Waals surface area contributed by atoms with Gasteiger partial charge in [-0.15, -0.1) is 5.10 Å². The Kier molecular flexibility index (Phi) is 6.87. The van der Waals surface area contributed by atoms with Crippen LogP contribution in [0.1, 0.15) is 59.4 Å². The summed E-state index contributed by atoms with van der Waals surface area (Å²) in [6.07, 6.45) is 7.49. The number of amides is 2. The monoisotopic (exact) mass is 442 g/mol. The van der Waals surface area contributed by atoms with Crippen molar-refractivity contribution in [3.63, 3.8) is 0 Å². The number of hydrogen-bond donors (Lipinski definition) is 0. The molecule has 1 unspecified atom stereocenters. The maximum Gasteiger partial charge on any atom is 0.276 e. The molecule has 0 aliphatic carbocycles. The van der Waals surface area contributed by atoms with Crippen molar-refractivity contribution in [3.8, 4) is 11.8 Å². The lowest BCUT2D eigenvalue weighted by Crippen LogP contribution is -2.44. The molecule has 0 aromatic carbocycles. The Labute approximate surface area is 187 Å². The summed E-state index contributed by atoms with van der Waals surface area (Å²) >= 11 is 0. The summed E-state index contributed by atoms with van der Waals surface area (Å²) in [4.78, 5) is 33.8. The molecule has 0 bridgehead atoms. The van der Waals surface area contributed by atoms with E-state index in [1.165, 1.54) is 14.2 Å². The maximum atomic E-state index is 13.3. The summed E-state index contributed by atoms with van der Waals surface area (Å²) in [7, 11) is 3.02. The van der Waals surface area contributed by atoms with E-state index in [-0.39, 0.29) is 23.7 Å². The average Bonchev–Trinajstić information content (AvgIpc) is 3.54. The van der Waals surface area contributed by atoms with Crippen LogP contribution in [0.25, 0.3) is 0 Å². The van der Waals surface area contributed by atoms with Crippen molar-refractivity contribution in [1.82, 2.24) is 29.8 Å². The number of hydrogen-bond acceptors (Lipinski definition) is 7. The zero-order valence-electron chi connectivity index (χ0n) is 18.7. The highest BCUT2D eigenvalue weighted by Crippen LogP contribution is 2.27. The van der Waals surface area contributed by atoms with E-state index in [0.29, 0.717) is 30.2 Å². The third-order valence-electron chi connectivity index (χ3n) is 6.20. The molecule has 0 saturated carbocycles. The van der Waals surface area contributed by atoms with Gasteiger partial charge in [0, 0.05) is 38.3 Å². The van der Waals surface area contributed by atoms with E-state index in [4.69, 9.17) is 9.47 Å². The molecule has 1 atom stereocenters. The number of rotatable bonds is 7. The summed E-state index contributed by atoms with van der Waals surface area (Å²) in [5.74, 6) is 0.520. The zero-order chi connectivity index (χ0) is 22.5. The molecular formula is C22H30N6O4. The third-order valence-corrected chi connectivity index (χ3v) is 6.20. The second-order valence-corrected chi connectivity index (χ2v) is 8.21. The summed E-state index contributed by atoms with van der Waals surface area (Å²) < 4.78 is 12.2. The van der Waals surface area contributed by atoms with Crippen LogP contribution in [0.15, 0.2) is 18.3 Å². The van der Waals surface area contributed by atoms with Crippen LogP contribution < -0.4 is 9.47 Å². The minimum absolute atomic E-state index is 0.0534. The fourth-order valence-electron chi connectivity index (χ4n) is 4.45. The van der Waals surface area contributed by atoms with Gasteiger partial charge in [-0.1, -0.05) is 5.21 Å². The quantitative estimate of drug-likeness (QED) is 0.646. The Morgan fingerprint density at radius 1 is 1.03 bits per heavy atom. The number of ether oxygens (including phenoxy) is 2. The second kappa shape index (κ2) is 9.97. The van der Waals surface area contributed by atoms with Gasteiger partial charge in [-0.3, -0.25) is 14.3 Å². The lowest BCUT2D eigenvalue weighted by Gasteiger charge is -2.36. The molecule has 2 aromatic heterocycles. The Morgan fingerprint density at radius 2 is 1.81 bits per heavy atom. The molecule has 0 spiro atoms. The number of likely N-dealkylation sites (tertiary alicyclic amines) is 2. The normalized spacial score (nSPS) is 18.6. The molecule has 0 N–H and O–H groups in total. The lowest BCUT2D eigenvalue weighted by atomic mass is 9.98. The third kappa shape index (κ3) is 4.68. The molecule has 2 aromatic rings. The Morgan fingerprint density at radius 3 is 2.56 bits per heavy atom. The van der Waals surface area contributed by atoms with Crippen molar-refractivity contribution in [1.29, 1.82) is 0 Å². The highest BCUT2D eigenvalue weighted by atomic mass is 16.5. The number of carbonyl (C=O) groups is 2. The molecule has 172 valence electrons. The molecule has 2 fully saturated rings. The lowest BCUT2D eigenvalue weighted by molar-refractivity contribution is 0.0589. The van der Waals surface area contributed by atoms with Gasteiger partial charge >= 0.3 is 0 Å². The number of aryl methyl sites for hydroxylation is 1. The van der Waals surface area contributed by atoms with Crippen molar-refractivity contribution in [2.75, 3.05) is 33.9 Å². The summed E-state index contributed by atoms with van der Waals surface area (Å²) in [6, 6.07) is 3.44. The first-order valence-corrected chi connectivity index (χ1v) is 11.2. The van der Waals surface area contributed by atoms with Gasteiger partial charge in [-0.05, 0) is 44.6 Å². The molecule has 0 radical (unpaired) electrons. The number of carbonyl (C=O) groups excluding carboxylic acids is 2. The summed E-state index contributed by atoms with van der Waals surface area (Å²) in [5.41, 5.74) is 0.817. The van der Waals surface area contributed by atoms with Gasteiger partial charge in [0.25, 0.3) is 11.8 Å². The van der Waals surface area contributed by atoms with Crippen molar-refractivity contribution in [2.24, 2.45) is 0 Å². The van der Waals surface area contributed by atoms with Crippen molar-refractivity contribution < 1.29 is 19.1 Å². The fraction of sp³-hybridized carbons (Fsp3) is 0.591. The zero-order valence-corrected chi connectivity index (χ0v) is 18.7. The molecule has 32 heavy (non-hydrogen) atoms. The van der Waals surface area contributed by atoms with Crippen LogP contribution in [0, 0.1) is 0 Å². The SMILES string of the molecule is COc1ccc(C(=O)N2CCCCC2CCn2cc(C(=O)N3CCCC3)nn2)c(OC)n1. The first-order chi connectivity index (χ1) is 15.6. The first kappa shape index (κ1) is 22.0.